The number of benzene rings is 1. The molecule has 112 valence electrons. The average molecular weight is 469 g/mol. The van der Waals surface area contributed by atoms with Crippen LogP contribution < -0.4 is 4.74 Å². The second-order valence-corrected chi connectivity index (χ2v) is 7.37. The van der Waals surface area contributed by atoms with Gasteiger partial charge in [0, 0.05) is 4.47 Å². The van der Waals surface area contributed by atoms with Gasteiger partial charge in [0.25, 0.3) is 0 Å². The first-order valence-electron chi connectivity index (χ1n) is 5.25. The van der Waals surface area contributed by atoms with E-state index < -0.39 is 0 Å². The van der Waals surface area contributed by atoms with Crippen LogP contribution in [0.15, 0.2) is 15.9 Å². The Labute approximate surface area is 158 Å². The van der Waals surface area contributed by atoms with E-state index >= 15 is 0 Å². The zero-order valence-corrected chi connectivity index (χ0v) is 16.0. The van der Waals surface area contributed by atoms with E-state index in [-0.39, 0.29) is 43.3 Å². The van der Waals surface area contributed by atoms with Crippen LogP contribution in [0.2, 0.25) is 25.1 Å². The fraction of sp³-hybridized carbons (Fsp3) is 0.0833. The largest absolute Gasteiger partial charge is 0.482 e. The van der Waals surface area contributed by atoms with Gasteiger partial charge in [0.15, 0.2) is 12.4 Å². The number of thiophene rings is 1. The highest BCUT2D eigenvalue weighted by molar-refractivity contribution is 9.10. The molecule has 1 aromatic heterocycles. The Hall–Kier alpha value is 0.320. The van der Waals surface area contributed by atoms with Gasteiger partial charge in [-0.05, 0) is 27.4 Å². The van der Waals surface area contributed by atoms with E-state index in [0.717, 1.165) is 0 Å². The molecule has 21 heavy (non-hydrogen) atoms. The third-order valence-electron chi connectivity index (χ3n) is 2.39. The van der Waals surface area contributed by atoms with Crippen molar-refractivity contribution in [3.63, 3.8) is 0 Å². The van der Waals surface area contributed by atoms with Crippen LogP contribution in [0, 0.1) is 0 Å². The van der Waals surface area contributed by atoms with Crippen LogP contribution in [0.3, 0.4) is 0 Å². The molecule has 0 saturated heterocycles. The molecular weight excluding hydrogens is 465 g/mol. The number of hydrogen-bond donors (Lipinski definition) is 0. The summed E-state index contributed by atoms with van der Waals surface area (Å²) in [4.78, 5) is 12.6. The fourth-order valence-electron chi connectivity index (χ4n) is 1.41. The van der Waals surface area contributed by atoms with Gasteiger partial charge in [-0.1, -0.05) is 58.0 Å². The first kappa shape index (κ1) is 17.7. The van der Waals surface area contributed by atoms with Crippen LogP contribution in [0.25, 0.3) is 0 Å². The Morgan fingerprint density at radius 1 is 1.05 bits per heavy atom. The van der Waals surface area contributed by atoms with Gasteiger partial charge < -0.3 is 4.74 Å². The van der Waals surface area contributed by atoms with Crippen molar-refractivity contribution in [3.8, 4) is 5.75 Å². The molecule has 2 aromatic rings. The van der Waals surface area contributed by atoms with E-state index in [1.54, 1.807) is 11.4 Å². The van der Waals surface area contributed by atoms with Crippen molar-refractivity contribution in [3.05, 3.63) is 45.9 Å². The van der Waals surface area contributed by atoms with Gasteiger partial charge in [-0.3, -0.25) is 4.79 Å². The summed E-state index contributed by atoms with van der Waals surface area (Å²) >= 11 is 34.3. The molecule has 0 aliphatic heterocycles. The Morgan fingerprint density at radius 2 is 1.57 bits per heavy atom. The second kappa shape index (κ2) is 7.26. The molecule has 0 unspecified atom stereocenters. The minimum Gasteiger partial charge on any atom is -0.482 e. The third-order valence-corrected chi connectivity index (χ3v) is 6.51. The quantitative estimate of drug-likeness (QED) is 0.273. The van der Waals surface area contributed by atoms with E-state index in [0.29, 0.717) is 9.35 Å². The smallest absolute Gasteiger partial charge is 0.211 e. The summed E-state index contributed by atoms with van der Waals surface area (Å²) in [6, 6.07) is 1.77. The summed E-state index contributed by atoms with van der Waals surface area (Å²) in [6.45, 7) is -0.257. The number of ether oxygens (including phenoxy) is 1. The Morgan fingerprint density at radius 3 is 2.05 bits per heavy atom. The Kier molecular flexibility index (Phi) is 6.11. The lowest BCUT2D eigenvalue weighted by atomic mass is 10.3. The lowest BCUT2D eigenvalue weighted by Crippen LogP contribution is -2.11. The van der Waals surface area contributed by atoms with E-state index in [9.17, 15) is 4.79 Å². The molecule has 9 heteroatoms. The number of ketones is 1. The van der Waals surface area contributed by atoms with Crippen molar-refractivity contribution in [2.75, 3.05) is 6.61 Å². The minimum atomic E-state index is -0.257. The van der Waals surface area contributed by atoms with Crippen LogP contribution >= 0.6 is 85.3 Å². The number of carbonyl (C=O) groups excluding carboxylic acids is 1. The first-order chi connectivity index (χ1) is 9.84. The monoisotopic (exact) mass is 466 g/mol. The number of carbonyl (C=O) groups is 1. The van der Waals surface area contributed by atoms with Gasteiger partial charge in [0.05, 0.1) is 19.9 Å². The van der Waals surface area contributed by atoms with Crippen LogP contribution in [0.5, 0.6) is 5.75 Å². The molecule has 0 bridgehead atoms. The number of rotatable bonds is 4. The summed E-state index contributed by atoms with van der Waals surface area (Å²) in [5.41, 5.74) is 0. The van der Waals surface area contributed by atoms with Crippen molar-refractivity contribution in [2.24, 2.45) is 0 Å². The van der Waals surface area contributed by atoms with Crippen molar-refractivity contribution >= 4 is 91.1 Å². The van der Waals surface area contributed by atoms with Gasteiger partial charge >= 0.3 is 0 Å². The Bertz CT molecular complexity index is 687. The van der Waals surface area contributed by atoms with Crippen LogP contribution in [0.1, 0.15) is 9.67 Å². The third kappa shape index (κ3) is 3.63. The fourth-order valence-corrected chi connectivity index (χ4v) is 4.16. The Balaban J connectivity index is 2.25. The summed E-state index contributed by atoms with van der Waals surface area (Å²) < 4.78 is 6.07. The molecule has 0 spiro atoms. The molecule has 0 aliphatic rings. The SMILES string of the molecule is O=C(COc1c(Cl)c(Cl)c(Cl)c(Cl)c1Cl)c1sccc1Br. The highest BCUT2D eigenvalue weighted by Crippen LogP contribution is 2.48. The molecule has 2 rings (SSSR count). The van der Waals surface area contributed by atoms with E-state index in [1.165, 1.54) is 11.3 Å². The van der Waals surface area contributed by atoms with Gasteiger partial charge in [-0.25, -0.2) is 0 Å². The highest BCUT2D eigenvalue weighted by atomic mass is 79.9. The van der Waals surface area contributed by atoms with Crippen LogP contribution in [-0.2, 0) is 0 Å². The molecule has 0 fully saturated rings. The van der Waals surface area contributed by atoms with Gasteiger partial charge in [-0.15, -0.1) is 11.3 Å². The van der Waals surface area contributed by atoms with E-state index in [2.05, 4.69) is 15.9 Å². The van der Waals surface area contributed by atoms with Crippen molar-refractivity contribution in [2.45, 2.75) is 0 Å². The van der Waals surface area contributed by atoms with Gasteiger partial charge in [-0.2, -0.15) is 0 Å². The van der Waals surface area contributed by atoms with Crippen LogP contribution in [-0.4, -0.2) is 12.4 Å². The standard InChI is InChI=1S/C12H4BrCl5O2S/c13-4-1-2-21-12(4)5(19)3-20-11-9(17)7(15)6(14)8(16)10(11)18/h1-2H,3H2. The summed E-state index contributed by atoms with van der Waals surface area (Å²) in [6.07, 6.45) is 0. The predicted molar refractivity (Wildman–Crippen MR) is 93.3 cm³/mol. The predicted octanol–water partition coefficient (Wildman–Crippen LogP) is 7.04. The van der Waals surface area contributed by atoms with E-state index in [1.807, 2.05) is 0 Å². The molecule has 0 aliphatic carbocycles. The average Bonchev–Trinajstić information content (AvgIpc) is 2.89. The molecule has 1 heterocycles. The van der Waals surface area contributed by atoms with Gasteiger partial charge in [0.2, 0.25) is 5.78 Å². The number of Topliss-reactive ketones (excluding diaryl/α,β-unsaturated/α-hetero) is 1. The zero-order chi connectivity index (χ0) is 15.7. The molecule has 2 nitrogen and oxygen atoms in total. The van der Waals surface area contributed by atoms with Crippen LogP contribution in [0.4, 0.5) is 0 Å². The lowest BCUT2D eigenvalue weighted by molar-refractivity contribution is 0.0925. The maximum absolute atomic E-state index is 12.0. The topological polar surface area (TPSA) is 26.3 Å². The maximum atomic E-state index is 12.0. The lowest BCUT2D eigenvalue weighted by Gasteiger charge is -2.13. The maximum Gasteiger partial charge on any atom is 0.211 e. The van der Waals surface area contributed by atoms with E-state index in [4.69, 9.17) is 62.7 Å². The highest BCUT2D eigenvalue weighted by Gasteiger charge is 2.22. The second-order valence-electron chi connectivity index (χ2n) is 3.71. The molecule has 0 N–H and O–H groups in total. The molecule has 0 saturated carbocycles. The summed E-state index contributed by atoms with van der Waals surface area (Å²) in [5.74, 6) is -0.204. The minimum absolute atomic E-state index is 0.00844. The summed E-state index contributed by atoms with van der Waals surface area (Å²) in [7, 11) is 0. The number of hydrogen-bond acceptors (Lipinski definition) is 3. The van der Waals surface area contributed by atoms with Crippen molar-refractivity contribution < 1.29 is 9.53 Å². The zero-order valence-electron chi connectivity index (χ0n) is 9.85. The summed E-state index contributed by atoms with van der Waals surface area (Å²) in [5, 5.41) is 1.88. The van der Waals surface area contributed by atoms with Crippen molar-refractivity contribution in [1.29, 1.82) is 0 Å². The van der Waals surface area contributed by atoms with Crippen molar-refractivity contribution in [1.82, 2.24) is 0 Å². The van der Waals surface area contributed by atoms with Gasteiger partial charge in [0.1, 0.15) is 10.0 Å². The molecule has 1 aromatic carbocycles. The molecular formula is C12H4BrCl5O2S. The normalized spacial score (nSPS) is 10.8. The molecule has 0 amide bonds. The molecule has 0 radical (unpaired) electrons. The molecule has 0 atom stereocenters. The first-order valence-corrected chi connectivity index (χ1v) is 8.81. The number of halogens is 6.